The van der Waals surface area contributed by atoms with Crippen LogP contribution in [0.2, 0.25) is 5.15 Å². The highest BCUT2D eigenvalue weighted by molar-refractivity contribution is 6.30. The normalized spacial score (nSPS) is 10.7. The van der Waals surface area contributed by atoms with Gasteiger partial charge in [-0.3, -0.25) is 4.79 Å². The van der Waals surface area contributed by atoms with Crippen LogP contribution in [0.25, 0.3) is 10.9 Å². The van der Waals surface area contributed by atoms with Crippen molar-refractivity contribution in [1.82, 2.24) is 14.5 Å². The molecule has 0 amide bonds. The van der Waals surface area contributed by atoms with Crippen LogP contribution in [0.15, 0.2) is 36.8 Å². The number of aromatic nitrogens is 3. The minimum atomic E-state index is -0.427. The molecule has 23 heavy (non-hydrogen) atoms. The number of ketones is 1. The minimum absolute atomic E-state index is 0.205. The molecule has 0 saturated heterocycles. The summed E-state index contributed by atoms with van der Waals surface area (Å²) < 4.78 is 6.49. The number of fused-ring (bicyclic) bond motifs is 1. The van der Waals surface area contributed by atoms with E-state index in [1.807, 2.05) is 0 Å². The fourth-order valence-corrected chi connectivity index (χ4v) is 2.55. The van der Waals surface area contributed by atoms with Crippen LogP contribution >= 0.6 is 11.6 Å². The summed E-state index contributed by atoms with van der Waals surface area (Å²) >= 11 is 5.81. The first kappa shape index (κ1) is 15.2. The van der Waals surface area contributed by atoms with Gasteiger partial charge in [0, 0.05) is 35.8 Å². The lowest BCUT2D eigenvalue weighted by Crippen LogP contribution is -2.04. The van der Waals surface area contributed by atoms with Crippen molar-refractivity contribution >= 4 is 34.3 Å². The van der Waals surface area contributed by atoms with Crippen LogP contribution in [0.5, 0.6) is 0 Å². The van der Waals surface area contributed by atoms with Gasteiger partial charge in [0.05, 0.1) is 12.7 Å². The molecule has 2 aromatic heterocycles. The Bertz CT molecular complexity index is 933. The van der Waals surface area contributed by atoms with Crippen molar-refractivity contribution in [1.29, 1.82) is 0 Å². The summed E-state index contributed by atoms with van der Waals surface area (Å²) in [7, 11) is 3.12. The summed E-state index contributed by atoms with van der Waals surface area (Å²) in [6, 6.07) is 6.45. The Morgan fingerprint density at radius 1 is 1.22 bits per heavy atom. The van der Waals surface area contributed by atoms with E-state index in [0.717, 1.165) is 10.9 Å². The van der Waals surface area contributed by atoms with Crippen LogP contribution in [-0.4, -0.2) is 33.4 Å². The van der Waals surface area contributed by atoms with Crippen LogP contribution < -0.4 is 0 Å². The number of hydrogen-bond donors (Lipinski definition) is 0. The number of aryl methyl sites for hydroxylation is 1. The van der Waals surface area contributed by atoms with Crippen LogP contribution in [0.1, 0.15) is 26.4 Å². The Kier molecular flexibility index (Phi) is 3.83. The fraction of sp³-hybridized carbons (Fsp3) is 0.125. The van der Waals surface area contributed by atoms with Gasteiger partial charge in [0.1, 0.15) is 17.2 Å². The molecule has 0 saturated carbocycles. The lowest BCUT2D eigenvalue weighted by atomic mass is 10.1. The fourth-order valence-electron chi connectivity index (χ4n) is 2.41. The maximum Gasteiger partial charge on any atom is 0.337 e. The van der Waals surface area contributed by atoms with Crippen LogP contribution in [-0.2, 0) is 11.8 Å². The molecular weight excluding hydrogens is 318 g/mol. The molecule has 0 N–H and O–H groups in total. The van der Waals surface area contributed by atoms with E-state index < -0.39 is 5.97 Å². The SMILES string of the molecule is COC(=O)c1ccc2c(C(=O)c3cc(Cl)ncn3)cn(C)c2c1. The monoisotopic (exact) mass is 329 g/mol. The first-order valence-corrected chi connectivity index (χ1v) is 7.08. The number of halogens is 1. The van der Waals surface area contributed by atoms with Crippen molar-refractivity contribution in [2.45, 2.75) is 0 Å². The van der Waals surface area contributed by atoms with Gasteiger partial charge in [-0.1, -0.05) is 17.7 Å². The molecule has 0 unspecified atom stereocenters. The number of ether oxygens (including phenoxy) is 1. The van der Waals surface area contributed by atoms with E-state index in [2.05, 4.69) is 9.97 Å². The Balaban J connectivity index is 2.12. The van der Waals surface area contributed by atoms with Crippen molar-refractivity contribution in [3.8, 4) is 0 Å². The van der Waals surface area contributed by atoms with Crippen molar-refractivity contribution in [2.75, 3.05) is 7.11 Å². The van der Waals surface area contributed by atoms with Crippen LogP contribution in [0.4, 0.5) is 0 Å². The zero-order valence-corrected chi connectivity index (χ0v) is 13.2. The number of esters is 1. The first-order valence-electron chi connectivity index (χ1n) is 6.71. The van der Waals surface area contributed by atoms with E-state index in [-0.39, 0.29) is 16.6 Å². The van der Waals surface area contributed by atoms with Crippen LogP contribution in [0, 0.1) is 0 Å². The second-order valence-corrected chi connectivity index (χ2v) is 5.32. The van der Waals surface area contributed by atoms with Crippen molar-refractivity contribution in [2.24, 2.45) is 7.05 Å². The summed E-state index contributed by atoms with van der Waals surface area (Å²) in [6.45, 7) is 0. The Labute approximate surface area is 136 Å². The van der Waals surface area contributed by atoms with Crippen molar-refractivity contribution < 1.29 is 14.3 Å². The van der Waals surface area contributed by atoms with E-state index in [1.165, 1.54) is 19.5 Å². The molecular formula is C16H12ClN3O3. The average Bonchev–Trinajstić information content (AvgIpc) is 2.90. The maximum absolute atomic E-state index is 12.6. The highest BCUT2D eigenvalue weighted by Crippen LogP contribution is 2.24. The molecule has 7 heteroatoms. The van der Waals surface area contributed by atoms with Gasteiger partial charge in [-0.25, -0.2) is 14.8 Å². The summed E-state index contributed by atoms with van der Waals surface area (Å²) in [4.78, 5) is 32.0. The van der Waals surface area contributed by atoms with Gasteiger partial charge in [0.15, 0.2) is 0 Å². The number of methoxy groups -OCH3 is 1. The standard InChI is InChI=1S/C16H12ClN3O3/c1-20-7-11(15(21)12-6-14(17)19-8-18-12)10-4-3-9(5-13(10)20)16(22)23-2/h3-8H,1-2H3. The molecule has 0 aliphatic carbocycles. The van der Waals surface area contributed by atoms with Gasteiger partial charge in [-0.05, 0) is 12.1 Å². The van der Waals surface area contributed by atoms with Gasteiger partial charge >= 0.3 is 5.97 Å². The second-order valence-electron chi connectivity index (χ2n) is 4.93. The lowest BCUT2D eigenvalue weighted by molar-refractivity contribution is 0.0601. The summed E-state index contributed by atoms with van der Waals surface area (Å²) in [6.07, 6.45) is 2.94. The number of carbonyl (C=O) groups excluding carboxylic acids is 2. The second kappa shape index (κ2) is 5.81. The molecule has 0 spiro atoms. The molecule has 6 nitrogen and oxygen atoms in total. The zero-order valence-electron chi connectivity index (χ0n) is 12.4. The smallest absolute Gasteiger partial charge is 0.337 e. The van der Waals surface area contributed by atoms with Gasteiger partial charge in [0.2, 0.25) is 5.78 Å². The maximum atomic E-state index is 12.6. The summed E-state index contributed by atoms with van der Waals surface area (Å²) in [5, 5.41) is 0.927. The van der Waals surface area contributed by atoms with E-state index in [4.69, 9.17) is 16.3 Å². The Morgan fingerprint density at radius 3 is 2.70 bits per heavy atom. The highest BCUT2D eigenvalue weighted by Gasteiger charge is 2.18. The average molecular weight is 330 g/mol. The van der Waals surface area contributed by atoms with E-state index in [9.17, 15) is 9.59 Å². The Morgan fingerprint density at radius 2 is 2.00 bits per heavy atom. The molecule has 0 radical (unpaired) electrons. The van der Waals surface area contributed by atoms with E-state index in [1.54, 1.807) is 36.0 Å². The predicted octanol–water partition coefficient (Wildman–Crippen LogP) is 2.64. The molecule has 0 aliphatic heterocycles. The highest BCUT2D eigenvalue weighted by atomic mass is 35.5. The molecule has 0 atom stereocenters. The largest absolute Gasteiger partial charge is 0.465 e. The number of carbonyl (C=O) groups is 2. The molecule has 3 aromatic rings. The van der Waals surface area contributed by atoms with Gasteiger partial charge in [-0.2, -0.15) is 0 Å². The molecule has 0 aliphatic rings. The third kappa shape index (κ3) is 2.68. The molecule has 116 valence electrons. The number of hydrogen-bond acceptors (Lipinski definition) is 5. The summed E-state index contributed by atoms with van der Waals surface area (Å²) in [5.41, 5.74) is 1.87. The Hall–Kier alpha value is -2.73. The van der Waals surface area contributed by atoms with Crippen molar-refractivity contribution in [3.05, 3.63) is 58.8 Å². The quantitative estimate of drug-likeness (QED) is 0.419. The number of benzene rings is 1. The first-order chi connectivity index (χ1) is 11.0. The van der Waals surface area contributed by atoms with Gasteiger partial charge < -0.3 is 9.30 Å². The molecule has 2 heterocycles. The number of nitrogens with zero attached hydrogens (tertiary/aromatic N) is 3. The topological polar surface area (TPSA) is 74.1 Å². The van der Waals surface area contributed by atoms with E-state index >= 15 is 0 Å². The van der Waals surface area contributed by atoms with Crippen molar-refractivity contribution in [3.63, 3.8) is 0 Å². The predicted molar refractivity (Wildman–Crippen MR) is 84.7 cm³/mol. The molecule has 1 aromatic carbocycles. The van der Waals surface area contributed by atoms with Gasteiger partial charge in [0.25, 0.3) is 0 Å². The molecule has 3 rings (SSSR count). The lowest BCUT2D eigenvalue weighted by Gasteiger charge is -2.02. The zero-order chi connectivity index (χ0) is 16.6. The minimum Gasteiger partial charge on any atom is -0.465 e. The third-order valence-corrected chi connectivity index (χ3v) is 3.73. The molecule has 0 bridgehead atoms. The van der Waals surface area contributed by atoms with Crippen LogP contribution in [0.3, 0.4) is 0 Å². The van der Waals surface area contributed by atoms with Gasteiger partial charge in [-0.15, -0.1) is 0 Å². The number of rotatable bonds is 3. The third-order valence-electron chi connectivity index (χ3n) is 3.52. The molecule has 0 fully saturated rings. The van der Waals surface area contributed by atoms with E-state index in [0.29, 0.717) is 11.1 Å². The summed E-state index contributed by atoms with van der Waals surface area (Å²) in [5.74, 6) is -0.686.